The van der Waals surface area contributed by atoms with Gasteiger partial charge in [-0.3, -0.25) is 0 Å². The Labute approximate surface area is 179 Å². The molecule has 2 heteroatoms. The van der Waals surface area contributed by atoms with Gasteiger partial charge in [-0.1, -0.05) is 81.3 Å². The molecule has 0 aliphatic heterocycles. The van der Waals surface area contributed by atoms with Crippen molar-refractivity contribution in [1.82, 2.24) is 0 Å². The van der Waals surface area contributed by atoms with Crippen molar-refractivity contribution >= 4 is 0 Å². The van der Waals surface area contributed by atoms with Gasteiger partial charge >= 0.3 is 0 Å². The molecule has 0 aliphatic carbocycles. The normalized spacial score (nSPS) is 10.5. The number of benzene rings is 3. The van der Waals surface area contributed by atoms with E-state index in [1.54, 1.807) is 0 Å². The fraction of sp³-hybridized carbons (Fsp3) is 0.286. The topological polar surface area (TPSA) is 0 Å². The second-order valence-corrected chi connectivity index (χ2v) is 7.67. The van der Waals surface area contributed by atoms with Crippen LogP contribution in [0.5, 0.6) is 0 Å². The largest absolute Gasteiger partial charge is 0.206 e. The highest BCUT2D eigenvalue weighted by atomic mass is 19.1. The lowest BCUT2D eigenvalue weighted by Gasteiger charge is -2.05. The minimum absolute atomic E-state index is 0.169. The van der Waals surface area contributed by atoms with E-state index in [0.717, 1.165) is 29.5 Å². The smallest absolute Gasteiger partial charge is 0.142 e. The van der Waals surface area contributed by atoms with Crippen LogP contribution in [0.25, 0.3) is 11.1 Å². The predicted molar refractivity (Wildman–Crippen MR) is 121 cm³/mol. The summed E-state index contributed by atoms with van der Waals surface area (Å²) in [5.74, 6) is 4.35. The number of rotatable bonds is 7. The first-order chi connectivity index (χ1) is 14.6. The molecular formula is C28H28F2. The zero-order valence-corrected chi connectivity index (χ0v) is 17.8. The van der Waals surface area contributed by atoms with E-state index in [2.05, 4.69) is 43.0 Å². The summed E-state index contributed by atoms with van der Waals surface area (Å²) in [6.45, 7) is 4.20. The average molecular weight is 403 g/mol. The Morgan fingerprint density at radius 3 is 1.80 bits per heavy atom. The van der Waals surface area contributed by atoms with E-state index in [0.29, 0.717) is 12.0 Å². The molecule has 0 unspecified atom stereocenters. The van der Waals surface area contributed by atoms with Crippen molar-refractivity contribution in [1.29, 1.82) is 0 Å². The zero-order chi connectivity index (χ0) is 21.3. The lowest BCUT2D eigenvalue weighted by Crippen LogP contribution is -1.94. The van der Waals surface area contributed by atoms with Gasteiger partial charge in [-0.25, -0.2) is 8.78 Å². The molecule has 0 aliphatic rings. The summed E-state index contributed by atoms with van der Waals surface area (Å²) in [4.78, 5) is 0. The summed E-state index contributed by atoms with van der Waals surface area (Å²) in [5.41, 5.74) is 4.84. The fourth-order valence-corrected chi connectivity index (χ4v) is 3.50. The van der Waals surface area contributed by atoms with E-state index in [-0.39, 0.29) is 5.56 Å². The van der Waals surface area contributed by atoms with Crippen LogP contribution in [-0.4, -0.2) is 0 Å². The average Bonchev–Trinajstić information content (AvgIpc) is 2.75. The first-order valence-corrected chi connectivity index (χ1v) is 10.8. The number of unbranched alkanes of at least 4 members (excludes halogenated alkanes) is 2. The predicted octanol–water partition coefficient (Wildman–Crippen LogP) is 7.72. The third kappa shape index (κ3) is 5.80. The van der Waals surface area contributed by atoms with Crippen LogP contribution in [0, 0.1) is 23.5 Å². The molecule has 0 heterocycles. The maximum Gasteiger partial charge on any atom is 0.142 e. The molecule has 0 amide bonds. The fourth-order valence-electron chi connectivity index (χ4n) is 3.50. The lowest BCUT2D eigenvalue weighted by atomic mass is 10.0. The molecule has 0 radical (unpaired) electrons. The second kappa shape index (κ2) is 10.7. The Kier molecular flexibility index (Phi) is 7.80. The Bertz CT molecular complexity index is 996. The van der Waals surface area contributed by atoms with Gasteiger partial charge in [0.2, 0.25) is 0 Å². The molecule has 0 bridgehead atoms. The molecule has 0 nitrogen and oxygen atoms in total. The van der Waals surface area contributed by atoms with Crippen molar-refractivity contribution in [2.24, 2.45) is 0 Å². The van der Waals surface area contributed by atoms with Crippen LogP contribution in [0.15, 0.2) is 60.7 Å². The molecule has 3 aromatic rings. The second-order valence-electron chi connectivity index (χ2n) is 7.67. The molecule has 0 spiro atoms. The van der Waals surface area contributed by atoms with Crippen LogP contribution >= 0.6 is 0 Å². The van der Waals surface area contributed by atoms with Gasteiger partial charge in [0.25, 0.3) is 0 Å². The third-order valence-electron chi connectivity index (χ3n) is 5.21. The number of hydrogen-bond donors (Lipinski definition) is 0. The molecule has 154 valence electrons. The molecule has 0 saturated heterocycles. The summed E-state index contributed by atoms with van der Waals surface area (Å²) in [6, 6.07) is 19.2. The van der Waals surface area contributed by atoms with Gasteiger partial charge in [0.15, 0.2) is 0 Å². The molecule has 0 aromatic heterocycles. The highest BCUT2D eigenvalue weighted by molar-refractivity contribution is 5.64. The number of hydrogen-bond acceptors (Lipinski definition) is 0. The zero-order valence-electron chi connectivity index (χ0n) is 17.8. The number of halogens is 2. The SMILES string of the molecule is CCCCCc1ccc(-c2ccc(C#Cc3c(F)cc(CCC)cc3F)cc2)cc1. The van der Waals surface area contributed by atoms with E-state index in [4.69, 9.17) is 0 Å². The third-order valence-corrected chi connectivity index (χ3v) is 5.21. The molecule has 3 aromatic carbocycles. The standard InChI is InChI=1S/C28H28F2/c1-3-5-6-8-21-9-14-24(15-10-21)25-16-11-22(12-17-25)13-18-26-27(29)19-23(7-4-2)20-28(26)30/h9-12,14-17,19-20H,3-8H2,1-2H3. The van der Waals surface area contributed by atoms with Gasteiger partial charge in [0.1, 0.15) is 11.6 Å². The van der Waals surface area contributed by atoms with Crippen molar-refractivity contribution in [3.63, 3.8) is 0 Å². The van der Waals surface area contributed by atoms with Crippen molar-refractivity contribution in [2.45, 2.75) is 52.4 Å². The van der Waals surface area contributed by atoms with Crippen LogP contribution < -0.4 is 0 Å². The monoisotopic (exact) mass is 402 g/mol. The van der Waals surface area contributed by atoms with E-state index < -0.39 is 11.6 Å². The summed E-state index contributed by atoms with van der Waals surface area (Å²) in [6.07, 6.45) is 6.35. The summed E-state index contributed by atoms with van der Waals surface area (Å²) >= 11 is 0. The minimum Gasteiger partial charge on any atom is -0.206 e. The summed E-state index contributed by atoms with van der Waals surface area (Å²) < 4.78 is 28.4. The van der Waals surface area contributed by atoms with Crippen LogP contribution in [0.3, 0.4) is 0 Å². The van der Waals surface area contributed by atoms with Crippen molar-refractivity contribution in [3.05, 3.63) is 94.6 Å². The maximum absolute atomic E-state index is 14.2. The van der Waals surface area contributed by atoms with Gasteiger partial charge in [-0.05, 0) is 65.8 Å². The highest BCUT2D eigenvalue weighted by Crippen LogP contribution is 2.21. The lowest BCUT2D eigenvalue weighted by molar-refractivity contribution is 0.573. The van der Waals surface area contributed by atoms with Crippen molar-refractivity contribution in [3.8, 4) is 23.0 Å². The van der Waals surface area contributed by atoms with Gasteiger partial charge < -0.3 is 0 Å². The van der Waals surface area contributed by atoms with Crippen LogP contribution in [0.4, 0.5) is 8.78 Å². The molecule has 0 saturated carbocycles. The summed E-state index contributed by atoms with van der Waals surface area (Å²) in [5, 5.41) is 0. The first-order valence-electron chi connectivity index (χ1n) is 10.8. The molecule has 3 rings (SSSR count). The van der Waals surface area contributed by atoms with Gasteiger partial charge in [-0.2, -0.15) is 0 Å². The Morgan fingerprint density at radius 1 is 0.633 bits per heavy atom. The van der Waals surface area contributed by atoms with Gasteiger partial charge in [-0.15, -0.1) is 0 Å². The highest BCUT2D eigenvalue weighted by Gasteiger charge is 2.09. The van der Waals surface area contributed by atoms with E-state index in [9.17, 15) is 8.78 Å². The first kappa shape index (κ1) is 21.8. The summed E-state index contributed by atoms with van der Waals surface area (Å²) in [7, 11) is 0. The van der Waals surface area contributed by atoms with Crippen molar-refractivity contribution in [2.75, 3.05) is 0 Å². The quantitative estimate of drug-likeness (QED) is 0.280. The Morgan fingerprint density at radius 2 is 1.23 bits per heavy atom. The molecule has 0 atom stereocenters. The van der Waals surface area contributed by atoms with Crippen LogP contribution in [0.2, 0.25) is 0 Å². The molecule has 30 heavy (non-hydrogen) atoms. The Hall–Kier alpha value is -2.92. The minimum atomic E-state index is -0.596. The van der Waals surface area contributed by atoms with Crippen LogP contribution in [0.1, 0.15) is 61.8 Å². The van der Waals surface area contributed by atoms with Crippen molar-refractivity contribution < 1.29 is 8.78 Å². The van der Waals surface area contributed by atoms with Crippen LogP contribution in [-0.2, 0) is 12.8 Å². The maximum atomic E-state index is 14.2. The molecular weight excluding hydrogens is 374 g/mol. The number of aryl methyl sites for hydroxylation is 2. The van der Waals surface area contributed by atoms with E-state index >= 15 is 0 Å². The van der Waals surface area contributed by atoms with E-state index in [1.807, 2.05) is 31.2 Å². The van der Waals surface area contributed by atoms with E-state index in [1.165, 1.54) is 37.0 Å². The molecule has 0 fully saturated rings. The van der Waals surface area contributed by atoms with Gasteiger partial charge in [0.05, 0.1) is 5.56 Å². The van der Waals surface area contributed by atoms with Gasteiger partial charge in [0, 0.05) is 5.56 Å². The molecule has 0 N–H and O–H groups in total. The Balaban J connectivity index is 1.71.